The minimum atomic E-state index is -0.966. The normalized spacial score (nSPS) is 15.7. The number of methoxy groups -OCH3 is 1. The van der Waals surface area contributed by atoms with Crippen LogP contribution in [0.3, 0.4) is 0 Å². The molecule has 1 atom stereocenters. The van der Waals surface area contributed by atoms with Gasteiger partial charge in [-0.25, -0.2) is 8.78 Å². The molecule has 0 bridgehead atoms. The number of hydrogen-bond acceptors (Lipinski definition) is 4. The van der Waals surface area contributed by atoms with Crippen molar-refractivity contribution in [3.63, 3.8) is 0 Å². The van der Waals surface area contributed by atoms with E-state index >= 15 is 0 Å². The molecule has 1 saturated heterocycles. The van der Waals surface area contributed by atoms with Gasteiger partial charge in [-0.3, -0.25) is 14.5 Å². The average molecular weight is 467 g/mol. The van der Waals surface area contributed by atoms with E-state index in [0.29, 0.717) is 22.8 Å². The van der Waals surface area contributed by atoms with Crippen molar-refractivity contribution in [1.82, 2.24) is 0 Å². The predicted octanol–water partition coefficient (Wildman–Crippen LogP) is 4.51. The Morgan fingerprint density at radius 3 is 2.03 bits per heavy atom. The quantitative estimate of drug-likeness (QED) is 0.541. The van der Waals surface area contributed by atoms with Gasteiger partial charge in [0.1, 0.15) is 23.4 Å². The number of thiocarbonyl (C=S) groups is 1. The number of hydrogen-bond donors (Lipinski definition) is 1. The van der Waals surface area contributed by atoms with Gasteiger partial charge in [0.2, 0.25) is 5.91 Å². The van der Waals surface area contributed by atoms with Crippen molar-refractivity contribution in [3.8, 4) is 5.75 Å². The summed E-state index contributed by atoms with van der Waals surface area (Å²) in [5.74, 6) is -1.11. The van der Waals surface area contributed by atoms with Crippen LogP contribution < -0.4 is 19.9 Å². The molecule has 0 aliphatic carbocycles. The molecule has 2 amide bonds. The van der Waals surface area contributed by atoms with Gasteiger partial charge in [-0.2, -0.15) is 0 Å². The molecule has 0 saturated carbocycles. The van der Waals surface area contributed by atoms with Crippen molar-refractivity contribution >= 4 is 46.2 Å². The monoisotopic (exact) mass is 467 g/mol. The van der Waals surface area contributed by atoms with E-state index < -0.39 is 29.5 Å². The summed E-state index contributed by atoms with van der Waals surface area (Å²) in [5, 5.41) is 2.87. The summed E-state index contributed by atoms with van der Waals surface area (Å²) in [5.41, 5.74) is 1.37. The van der Waals surface area contributed by atoms with E-state index in [4.69, 9.17) is 17.0 Å². The minimum Gasteiger partial charge on any atom is -0.497 e. The zero-order valence-electron chi connectivity index (χ0n) is 17.5. The molecule has 0 spiro atoms. The SMILES string of the molecule is COc1ccc(NC(=O)C[C@H]2C(=O)N(c3ccc(F)cc3)C(=S)N2c2ccc(F)cc2)cc1. The summed E-state index contributed by atoms with van der Waals surface area (Å²) in [6, 6.07) is 16.6. The smallest absolute Gasteiger partial charge is 0.257 e. The number of anilines is 3. The minimum absolute atomic E-state index is 0.112. The molecule has 0 radical (unpaired) electrons. The molecule has 0 aromatic heterocycles. The van der Waals surface area contributed by atoms with Gasteiger partial charge in [0.25, 0.3) is 5.91 Å². The fraction of sp³-hybridized carbons (Fsp3) is 0.125. The van der Waals surface area contributed by atoms with Crippen LogP contribution in [-0.2, 0) is 9.59 Å². The largest absolute Gasteiger partial charge is 0.497 e. The van der Waals surface area contributed by atoms with E-state index in [2.05, 4.69) is 5.32 Å². The first kappa shape index (κ1) is 22.3. The zero-order valence-corrected chi connectivity index (χ0v) is 18.3. The van der Waals surface area contributed by atoms with Crippen LogP contribution in [0.25, 0.3) is 0 Å². The van der Waals surface area contributed by atoms with Gasteiger partial charge in [0.05, 0.1) is 19.2 Å². The lowest BCUT2D eigenvalue weighted by atomic mass is 10.1. The van der Waals surface area contributed by atoms with Crippen LogP contribution >= 0.6 is 12.2 Å². The lowest BCUT2D eigenvalue weighted by Crippen LogP contribution is -2.38. The summed E-state index contributed by atoms with van der Waals surface area (Å²) in [6.07, 6.45) is -0.208. The second kappa shape index (κ2) is 9.33. The molecule has 3 aromatic rings. The molecule has 1 aliphatic rings. The van der Waals surface area contributed by atoms with Crippen LogP contribution in [0.15, 0.2) is 72.8 Å². The molecule has 6 nitrogen and oxygen atoms in total. The Bertz CT molecular complexity index is 1190. The maximum absolute atomic E-state index is 13.5. The van der Waals surface area contributed by atoms with Gasteiger partial charge >= 0.3 is 0 Å². The molecule has 0 unspecified atom stereocenters. The number of halogens is 2. The standard InChI is InChI=1S/C24H19F2N3O3S/c1-32-20-12-6-17(7-13-20)27-22(30)14-21-23(31)29(19-10-4-16(26)5-11-19)24(33)28(21)18-8-2-15(25)3-9-18/h2-13,21H,14H2,1H3,(H,27,30)/t21-/m0/s1. The Hall–Kier alpha value is -3.85. The zero-order chi connectivity index (χ0) is 23.5. The van der Waals surface area contributed by atoms with E-state index in [9.17, 15) is 18.4 Å². The summed E-state index contributed by atoms with van der Waals surface area (Å²) in [4.78, 5) is 28.9. The number of rotatable bonds is 6. The van der Waals surface area contributed by atoms with Crippen LogP contribution in [0.4, 0.5) is 25.8 Å². The highest BCUT2D eigenvalue weighted by Crippen LogP contribution is 2.32. The van der Waals surface area contributed by atoms with Gasteiger partial charge in [-0.05, 0) is 85.0 Å². The fourth-order valence-electron chi connectivity index (χ4n) is 3.56. The van der Waals surface area contributed by atoms with Crippen molar-refractivity contribution in [1.29, 1.82) is 0 Å². The van der Waals surface area contributed by atoms with Crippen molar-refractivity contribution < 1.29 is 23.1 Å². The Labute approximate surface area is 194 Å². The molecule has 4 rings (SSSR count). The fourth-order valence-corrected chi connectivity index (χ4v) is 3.98. The Morgan fingerprint density at radius 2 is 1.48 bits per heavy atom. The van der Waals surface area contributed by atoms with Crippen LogP contribution in [-0.4, -0.2) is 30.1 Å². The number of benzene rings is 3. The Morgan fingerprint density at radius 1 is 0.939 bits per heavy atom. The third-order valence-electron chi connectivity index (χ3n) is 5.16. The lowest BCUT2D eigenvalue weighted by molar-refractivity contribution is -0.122. The molecule has 33 heavy (non-hydrogen) atoms. The maximum atomic E-state index is 13.5. The van der Waals surface area contributed by atoms with Gasteiger partial charge in [0, 0.05) is 11.4 Å². The lowest BCUT2D eigenvalue weighted by Gasteiger charge is -2.24. The molecule has 1 N–H and O–H groups in total. The van der Waals surface area contributed by atoms with Crippen molar-refractivity contribution in [3.05, 3.63) is 84.4 Å². The molecular weight excluding hydrogens is 448 g/mol. The number of ether oxygens (including phenoxy) is 1. The maximum Gasteiger partial charge on any atom is 0.257 e. The summed E-state index contributed by atoms with van der Waals surface area (Å²) in [7, 11) is 1.54. The third kappa shape index (κ3) is 4.68. The van der Waals surface area contributed by atoms with Gasteiger partial charge in [-0.1, -0.05) is 0 Å². The van der Waals surface area contributed by atoms with Crippen molar-refractivity contribution in [2.75, 3.05) is 22.2 Å². The highest BCUT2D eigenvalue weighted by Gasteiger charge is 2.45. The molecule has 1 heterocycles. The Kier molecular flexibility index (Phi) is 6.32. The molecule has 1 fully saturated rings. The third-order valence-corrected chi connectivity index (χ3v) is 5.54. The number of carbonyl (C=O) groups is 2. The van der Waals surface area contributed by atoms with Gasteiger partial charge < -0.3 is 15.0 Å². The van der Waals surface area contributed by atoms with E-state index in [1.54, 1.807) is 31.4 Å². The molecule has 3 aromatic carbocycles. The first-order valence-electron chi connectivity index (χ1n) is 9.99. The van der Waals surface area contributed by atoms with E-state index in [1.165, 1.54) is 58.3 Å². The van der Waals surface area contributed by atoms with Crippen LogP contribution in [0, 0.1) is 11.6 Å². The average Bonchev–Trinajstić information content (AvgIpc) is 3.05. The van der Waals surface area contributed by atoms with E-state index in [0.717, 1.165) is 0 Å². The second-order valence-electron chi connectivity index (χ2n) is 7.28. The van der Waals surface area contributed by atoms with Crippen molar-refractivity contribution in [2.45, 2.75) is 12.5 Å². The summed E-state index contributed by atoms with van der Waals surface area (Å²) < 4.78 is 32.0. The molecule has 168 valence electrons. The molecule has 9 heteroatoms. The van der Waals surface area contributed by atoms with Gasteiger partial charge in [0.15, 0.2) is 5.11 Å². The summed E-state index contributed by atoms with van der Waals surface area (Å²) in [6.45, 7) is 0. The number of amides is 2. The van der Waals surface area contributed by atoms with E-state index in [-0.39, 0.29) is 11.5 Å². The van der Waals surface area contributed by atoms with Crippen LogP contribution in [0.1, 0.15) is 6.42 Å². The van der Waals surface area contributed by atoms with Gasteiger partial charge in [-0.15, -0.1) is 0 Å². The Balaban J connectivity index is 1.62. The summed E-state index contributed by atoms with van der Waals surface area (Å²) >= 11 is 5.55. The predicted molar refractivity (Wildman–Crippen MR) is 125 cm³/mol. The highest BCUT2D eigenvalue weighted by atomic mass is 32.1. The number of nitrogens with one attached hydrogen (secondary N) is 1. The second-order valence-corrected chi connectivity index (χ2v) is 7.64. The van der Waals surface area contributed by atoms with Crippen LogP contribution in [0.5, 0.6) is 5.75 Å². The first-order chi connectivity index (χ1) is 15.9. The van der Waals surface area contributed by atoms with E-state index in [1.807, 2.05) is 0 Å². The molecule has 1 aliphatic heterocycles. The first-order valence-corrected chi connectivity index (χ1v) is 10.4. The number of carbonyl (C=O) groups excluding carboxylic acids is 2. The van der Waals surface area contributed by atoms with Crippen molar-refractivity contribution in [2.24, 2.45) is 0 Å². The number of nitrogens with zero attached hydrogens (tertiary/aromatic N) is 2. The highest BCUT2D eigenvalue weighted by molar-refractivity contribution is 7.81. The van der Waals surface area contributed by atoms with Crippen LogP contribution in [0.2, 0.25) is 0 Å². The topological polar surface area (TPSA) is 61.9 Å². The molecular formula is C24H19F2N3O3S.